The maximum absolute atomic E-state index is 6.17. The molecule has 1 aliphatic rings. The first kappa shape index (κ1) is 13.1. The summed E-state index contributed by atoms with van der Waals surface area (Å²) in [6.07, 6.45) is 1.15. The van der Waals surface area contributed by atoms with Gasteiger partial charge in [-0.05, 0) is 18.2 Å². The van der Waals surface area contributed by atoms with Crippen molar-refractivity contribution in [2.24, 2.45) is 5.84 Å². The van der Waals surface area contributed by atoms with Crippen molar-refractivity contribution < 1.29 is 0 Å². The lowest BCUT2D eigenvalue weighted by Gasteiger charge is -2.26. The third kappa shape index (κ3) is 2.73. The first-order valence-corrected chi connectivity index (χ1v) is 7.17. The molecule has 0 radical (unpaired) electrons. The van der Waals surface area contributed by atoms with E-state index in [1.54, 1.807) is 6.07 Å². The topological polar surface area (TPSA) is 54.2 Å². The summed E-state index contributed by atoms with van der Waals surface area (Å²) in [5.74, 6) is 8.81. The number of nitrogens with zero attached hydrogens (tertiary/aromatic N) is 2. The molecule has 7 heteroatoms. The van der Waals surface area contributed by atoms with Crippen LogP contribution in [0.15, 0.2) is 6.07 Å². The van der Waals surface area contributed by atoms with E-state index in [9.17, 15) is 0 Å². The van der Waals surface area contributed by atoms with Crippen molar-refractivity contribution in [3.05, 3.63) is 16.1 Å². The van der Waals surface area contributed by atoms with Gasteiger partial charge in [-0.1, -0.05) is 23.2 Å². The van der Waals surface area contributed by atoms with Crippen LogP contribution in [0.4, 0.5) is 11.6 Å². The smallest absolute Gasteiger partial charge is 0.161 e. The lowest BCUT2D eigenvalue weighted by molar-refractivity contribution is 0.692. The highest BCUT2D eigenvalue weighted by atomic mass is 35.5. The maximum Gasteiger partial charge on any atom is 0.161 e. The number of rotatable bonds is 3. The van der Waals surface area contributed by atoms with Gasteiger partial charge in [0.15, 0.2) is 5.82 Å². The molecule has 0 bridgehead atoms. The lowest BCUT2D eigenvalue weighted by Crippen LogP contribution is -2.32. The molecule has 0 spiro atoms. The molecular weight excluding hydrogens is 279 g/mol. The Labute approximate surface area is 115 Å². The van der Waals surface area contributed by atoms with Gasteiger partial charge in [0.25, 0.3) is 0 Å². The molecule has 94 valence electrons. The monoisotopic (exact) mass is 292 g/mol. The second-order valence-electron chi connectivity index (χ2n) is 3.90. The molecule has 1 unspecified atom stereocenters. The molecule has 2 rings (SSSR count). The highest BCUT2D eigenvalue weighted by molar-refractivity contribution is 7.99. The van der Waals surface area contributed by atoms with Crippen LogP contribution in [0.2, 0.25) is 10.0 Å². The predicted molar refractivity (Wildman–Crippen MR) is 76.2 cm³/mol. The van der Waals surface area contributed by atoms with Crippen molar-refractivity contribution in [2.75, 3.05) is 28.9 Å². The number of anilines is 2. The minimum Gasteiger partial charge on any atom is -0.355 e. The first-order chi connectivity index (χ1) is 8.13. The summed E-state index contributed by atoms with van der Waals surface area (Å²) in [5.41, 5.74) is 2.47. The van der Waals surface area contributed by atoms with E-state index in [1.165, 1.54) is 5.75 Å². The quantitative estimate of drug-likeness (QED) is 0.663. The van der Waals surface area contributed by atoms with E-state index in [0.29, 0.717) is 21.9 Å². The number of nitrogen functional groups attached to an aromatic ring is 1. The Morgan fingerprint density at radius 3 is 2.88 bits per heavy atom. The third-order valence-corrected chi connectivity index (χ3v) is 4.55. The molecule has 3 N–H and O–H groups in total. The molecule has 1 fully saturated rings. The van der Waals surface area contributed by atoms with Crippen LogP contribution in [-0.4, -0.2) is 29.6 Å². The maximum atomic E-state index is 6.17. The molecule has 0 amide bonds. The molecule has 17 heavy (non-hydrogen) atoms. The van der Waals surface area contributed by atoms with Gasteiger partial charge < -0.3 is 10.3 Å². The summed E-state index contributed by atoms with van der Waals surface area (Å²) in [7, 11) is 2.00. The molecule has 1 aromatic rings. The molecule has 4 nitrogen and oxygen atoms in total. The first-order valence-electron chi connectivity index (χ1n) is 5.26. The number of hydrogen-bond donors (Lipinski definition) is 2. The zero-order valence-electron chi connectivity index (χ0n) is 9.41. The number of nitrogens with one attached hydrogen (secondary N) is 1. The fourth-order valence-electron chi connectivity index (χ4n) is 1.81. The third-order valence-electron chi connectivity index (χ3n) is 2.84. The normalized spacial score (nSPS) is 19.4. The molecular formula is C10H14Cl2N4S. The highest BCUT2D eigenvalue weighted by Crippen LogP contribution is 2.33. The van der Waals surface area contributed by atoms with Gasteiger partial charge in [-0.2, -0.15) is 11.8 Å². The van der Waals surface area contributed by atoms with Crippen molar-refractivity contribution in [1.82, 2.24) is 4.98 Å². The van der Waals surface area contributed by atoms with Gasteiger partial charge >= 0.3 is 0 Å². The number of thioether (sulfide) groups is 1. The second kappa shape index (κ2) is 5.52. The number of pyridine rings is 1. The van der Waals surface area contributed by atoms with Gasteiger partial charge in [-0.3, -0.25) is 0 Å². The van der Waals surface area contributed by atoms with E-state index in [0.717, 1.165) is 18.0 Å². The Kier molecular flexibility index (Phi) is 4.25. The van der Waals surface area contributed by atoms with Crippen molar-refractivity contribution in [3.63, 3.8) is 0 Å². The summed E-state index contributed by atoms with van der Waals surface area (Å²) in [6.45, 7) is 0. The van der Waals surface area contributed by atoms with Crippen molar-refractivity contribution in [3.8, 4) is 0 Å². The highest BCUT2D eigenvalue weighted by Gasteiger charge is 2.23. The molecule has 1 saturated heterocycles. The average molecular weight is 293 g/mol. The van der Waals surface area contributed by atoms with Crippen molar-refractivity contribution in [1.29, 1.82) is 0 Å². The minimum absolute atomic E-state index is 0.426. The van der Waals surface area contributed by atoms with Crippen LogP contribution in [0.25, 0.3) is 0 Å². The van der Waals surface area contributed by atoms with Crippen LogP contribution in [0.1, 0.15) is 6.42 Å². The predicted octanol–water partition coefficient (Wildman–Crippen LogP) is 2.62. The van der Waals surface area contributed by atoms with E-state index in [4.69, 9.17) is 29.0 Å². The van der Waals surface area contributed by atoms with E-state index in [-0.39, 0.29) is 0 Å². The Morgan fingerprint density at radius 1 is 1.53 bits per heavy atom. The summed E-state index contributed by atoms with van der Waals surface area (Å²) in [4.78, 5) is 6.45. The summed E-state index contributed by atoms with van der Waals surface area (Å²) in [6, 6.07) is 2.14. The van der Waals surface area contributed by atoms with Crippen LogP contribution >= 0.6 is 35.0 Å². The molecule has 2 heterocycles. The Morgan fingerprint density at radius 2 is 2.29 bits per heavy atom. The van der Waals surface area contributed by atoms with Crippen LogP contribution in [-0.2, 0) is 0 Å². The zero-order chi connectivity index (χ0) is 12.4. The number of nitrogens with two attached hydrogens (primary N) is 1. The van der Waals surface area contributed by atoms with E-state index >= 15 is 0 Å². The SMILES string of the molecule is CN(c1nc(NN)c(Cl)cc1Cl)C1CCSC1. The van der Waals surface area contributed by atoms with Crippen molar-refractivity contribution >= 4 is 46.6 Å². The van der Waals surface area contributed by atoms with Gasteiger partial charge in [-0.25, -0.2) is 10.8 Å². The zero-order valence-corrected chi connectivity index (χ0v) is 11.7. The fourth-order valence-corrected chi connectivity index (χ4v) is 3.62. The second-order valence-corrected chi connectivity index (χ2v) is 5.86. The molecule has 1 atom stereocenters. The minimum atomic E-state index is 0.426. The number of aromatic nitrogens is 1. The standard InChI is InChI=1S/C10H14Cl2N4S/c1-16(6-2-3-17-5-6)10-8(12)4-7(11)9(14-10)15-13/h4,6H,2-3,5,13H2,1H3,(H,14,15). The summed E-state index contributed by atoms with van der Waals surface area (Å²) < 4.78 is 0. The molecule has 1 aliphatic heterocycles. The fraction of sp³-hybridized carbons (Fsp3) is 0.500. The van der Waals surface area contributed by atoms with E-state index in [1.807, 2.05) is 18.8 Å². The average Bonchev–Trinajstić information content (AvgIpc) is 2.82. The van der Waals surface area contributed by atoms with E-state index in [2.05, 4.69) is 15.3 Å². The molecule has 0 saturated carbocycles. The van der Waals surface area contributed by atoms with Gasteiger partial charge in [0.05, 0.1) is 10.0 Å². The number of hydrogen-bond acceptors (Lipinski definition) is 5. The van der Waals surface area contributed by atoms with Gasteiger partial charge in [0.2, 0.25) is 0 Å². The molecule has 0 aromatic carbocycles. The van der Waals surface area contributed by atoms with Crippen LogP contribution < -0.4 is 16.2 Å². The Bertz CT molecular complexity index is 410. The van der Waals surface area contributed by atoms with Gasteiger partial charge in [0.1, 0.15) is 5.82 Å². The van der Waals surface area contributed by atoms with E-state index < -0.39 is 0 Å². The van der Waals surface area contributed by atoms with Gasteiger partial charge in [-0.15, -0.1) is 0 Å². The van der Waals surface area contributed by atoms with Crippen LogP contribution in [0.3, 0.4) is 0 Å². The largest absolute Gasteiger partial charge is 0.355 e. The van der Waals surface area contributed by atoms with Gasteiger partial charge in [0, 0.05) is 18.8 Å². The molecule has 0 aliphatic carbocycles. The lowest BCUT2D eigenvalue weighted by atomic mass is 10.2. The molecule has 1 aromatic heterocycles. The Hall–Kier alpha value is -0.360. The van der Waals surface area contributed by atoms with Crippen LogP contribution in [0.5, 0.6) is 0 Å². The summed E-state index contributed by atoms with van der Waals surface area (Å²) >= 11 is 14.1. The number of hydrazine groups is 1. The van der Waals surface area contributed by atoms with Crippen LogP contribution in [0, 0.1) is 0 Å². The van der Waals surface area contributed by atoms with Crippen molar-refractivity contribution in [2.45, 2.75) is 12.5 Å². The summed E-state index contributed by atoms with van der Waals surface area (Å²) in [5, 5.41) is 0.976. The Balaban J connectivity index is 2.30. The number of halogens is 2.